The molecule has 126 valence electrons. The zero-order valence-corrected chi connectivity index (χ0v) is 14.1. The minimum Gasteiger partial charge on any atom is -0.399 e. The summed E-state index contributed by atoms with van der Waals surface area (Å²) in [6, 6.07) is 27.7. The number of benzene rings is 3. The van der Waals surface area contributed by atoms with Gasteiger partial charge in [0.2, 0.25) is 0 Å². The number of rotatable bonds is 3. The molecule has 0 bridgehead atoms. The molecule has 0 unspecified atom stereocenters. The van der Waals surface area contributed by atoms with Crippen molar-refractivity contribution in [2.24, 2.45) is 0 Å². The van der Waals surface area contributed by atoms with Crippen LogP contribution in [0.15, 0.2) is 84.9 Å². The summed E-state index contributed by atoms with van der Waals surface area (Å²) in [5.41, 5.74) is 17.5. The van der Waals surface area contributed by atoms with Gasteiger partial charge in [-0.05, 0) is 23.3 Å². The fraction of sp³-hybridized carbons (Fsp3) is 0. The van der Waals surface area contributed by atoms with Crippen LogP contribution in [0.25, 0.3) is 33.8 Å². The van der Waals surface area contributed by atoms with E-state index in [9.17, 15) is 0 Å². The maximum Gasteiger partial charge on any atom is 0.162 e. The minimum absolute atomic E-state index is 0.455. The third-order valence-electron chi connectivity index (χ3n) is 4.20. The maximum absolute atomic E-state index is 6.01. The first kappa shape index (κ1) is 15.8. The summed E-state index contributed by atoms with van der Waals surface area (Å²) >= 11 is 0. The smallest absolute Gasteiger partial charge is 0.162 e. The van der Waals surface area contributed by atoms with Gasteiger partial charge in [-0.1, -0.05) is 66.7 Å². The molecule has 0 radical (unpaired) electrons. The first-order valence-electron chi connectivity index (χ1n) is 8.35. The Morgan fingerprint density at radius 2 is 1.12 bits per heavy atom. The molecule has 0 aliphatic heterocycles. The molecule has 0 saturated heterocycles. The Kier molecular flexibility index (Phi) is 4.07. The number of nitrogen functional groups attached to an aromatic ring is 2. The Bertz CT molecular complexity index is 1020. The van der Waals surface area contributed by atoms with E-state index in [2.05, 4.69) is 22.1 Å². The van der Waals surface area contributed by atoms with Gasteiger partial charge in [0, 0.05) is 22.9 Å². The molecule has 0 amide bonds. The van der Waals surface area contributed by atoms with Crippen LogP contribution >= 0.6 is 0 Å². The molecule has 0 saturated carbocycles. The van der Waals surface area contributed by atoms with Gasteiger partial charge in [0.05, 0.1) is 5.69 Å². The van der Waals surface area contributed by atoms with Crippen molar-refractivity contribution < 1.29 is 0 Å². The molecule has 4 rings (SSSR count). The van der Waals surface area contributed by atoms with Crippen LogP contribution in [0.4, 0.5) is 11.5 Å². The molecule has 0 aliphatic rings. The minimum atomic E-state index is 0.455. The van der Waals surface area contributed by atoms with Gasteiger partial charge in [-0.2, -0.15) is 0 Å². The van der Waals surface area contributed by atoms with Crippen molar-refractivity contribution in [1.82, 2.24) is 9.97 Å². The molecule has 0 spiro atoms. The highest BCUT2D eigenvalue weighted by atomic mass is 14.9. The Morgan fingerprint density at radius 3 is 1.77 bits per heavy atom. The van der Waals surface area contributed by atoms with Crippen molar-refractivity contribution in [1.29, 1.82) is 0 Å². The Balaban J connectivity index is 1.69. The highest BCUT2D eigenvalue weighted by molar-refractivity contribution is 5.71. The topological polar surface area (TPSA) is 77.8 Å². The van der Waals surface area contributed by atoms with Crippen molar-refractivity contribution in [3.05, 3.63) is 84.9 Å². The van der Waals surface area contributed by atoms with E-state index in [0.29, 0.717) is 11.6 Å². The summed E-state index contributed by atoms with van der Waals surface area (Å²) in [5, 5.41) is 0. The van der Waals surface area contributed by atoms with E-state index in [0.717, 1.165) is 33.6 Å². The molecule has 3 aromatic carbocycles. The highest BCUT2D eigenvalue weighted by Crippen LogP contribution is 2.26. The van der Waals surface area contributed by atoms with Gasteiger partial charge in [0.1, 0.15) is 5.82 Å². The van der Waals surface area contributed by atoms with Crippen molar-refractivity contribution in [3.63, 3.8) is 0 Å². The molecule has 4 nitrogen and oxygen atoms in total. The quantitative estimate of drug-likeness (QED) is 0.533. The van der Waals surface area contributed by atoms with E-state index in [1.54, 1.807) is 6.07 Å². The molecule has 0 atom stereocenters. The van der Waals surface area contributed by atoms with Crippen LogP contribution in [0.1, 0.15) is 0 Å². The van der Waals surface area contributed by atoms with Gasteiger partial charge in [-0.3, -0.25) is 0 Å². The molecule has 4 heteroatoms. The zero-order chi connectivity index (χ0) is 17.9. The Morgan fingerprint density at radius 1 is 0.538 bits per heavy atom. The third kappa shape index (κ3) is 3.26. The SMILES string of the molecule is Nc1ccc(-c2ccc(-c3nc(N)cc(-c4ccccc4)n3)cc2)cc1. The van der Waals surface area contributed by atoms with E-state index in [1.165, 1.54) is 0 Å². The maximum atomic E-state index is 6.01. The first-order valence-corrected chi connectivity index (χ1v) is 8.35. The van der Waals surface area contributed by atoms with Crippen molar-refractivity contribution in [3.8, 4) is 33.8 Å². The normalized spacial score (nSPS) is 10.6. The van der Waals surface area contributed by atoms with E-state index in [1.807, 2.05) is 66.7 Å². The van der Waals surface area contributed by atoms with Gasteiger partial charge in [-0.25, -0.2) is 9.97 Å². The lowest BCUT2D eigenvalue weighted by Crippen LogP contribution is -1.98. The van der Waals surface area contributed by atoms with Crippen LogP contribution in [0.5, 0.6) is 0 Å². The van der Waals surface area contributed by atoms with Crippen molar-refractivity contribution in [2.75, 3.05) is 11.5 Å². The number of nitrogens with two attached hydrogens (primary N) is 2. The highest BCUT2D eigenvalue weighted by Gasteiger charge is 2.08. The number of hydrogen-bond donors (Lipinski definition) is 2. The van der Waals surface area contributed by atoms with E-state index < -0.39 is 0 Å². The number of nitrogens with zero attached hydrogens (tertiary/aromatic N) is 2. The van der Waals surface area contributed by atoms with Crippen LogP contribution in [0.2, 0.25) is 0 Å². The zero-order valence-electron chi connectivity index (χ0n) is 14.1. The Labute approximate surface area is 152 Å². The Hall–Kier alpha value is -3.66. The lowest BCUT2D eigenvalue weighted by atomic mass is 10.0. The molecule has 1 heterocycles. The van der Waals surface area contributed by atoms with Gasteiger partial charge >= 0.3 is 0 Å². The second kappa shape index (κ2) is 6.69. The third-order valence-corrected chi connectivity index (χ3v) is 4.20. The molecule has 0 aliphatic carbocycles. The van der Waals surface area contributed by atoms with E-state index in [4.69, 9.17) is 11.5 Å². The number of hydrogen-bond acceptors (Lipinski definition) is 4. The summed E-state index contributed by atoms with van der Waals surface area (Å²) in [7, 11) is 0. The lowest BCUT2D eigenvalue weighted by Gasteiger charge is -2.08. The second-order valence-electron chi connectivity index (χ2n) is 6.07. The largest absolute Gasteiger partial charge is 0.399 e. The van der Waals surface area contributed by atoms with Crippen LogP contribution < -0.4 is 11.5 Å². The number of anilines is 2. The van der Waals surface area contributed by atoms with Crippen LogP contribution in [-0.2, 0) is 0 Å². The average Bonchev–Trinajstić information content (AvgIpc) is 2.69. The summed E-state index contributed by atoms with van der Waals surface area (Å²) in [6.45, 7) is 0. The summed E-state index contributed by atoms with van der Waals surface area (Å²) < 4.78 is 0. The molecule has 4 N–H and O–H groups in total. The fourth-order valence-corrected chi connectivity index (χ4v) is 2.84. The lowest BCUT2D eigenvalue weighted by molar-refractivity contribution is 1.19. The molecular weight excluding hydrogens is 320 g/mol. The van der Waals surface area contributed by atoms with Crippen LogP contribution in [-0.4, -0.2) is 9.97 Å². The van der Waals surface area contributed by atoms with Gasteiger partial charge < -0.3 is 11.5 Å². The second-order valence-corrected chi connectivity index (χ2v) is 6.07. The predicted molar refractivity (Wildman–Crippen MR) is 107 cm³/mol. The van der Waals surface area contributed by atoms with Gasteiger partial charge in [-0.15, -0.1) is 0 Å². The standard InChI is InChI=1S/C22H18N4/c23-19-12-10-16(11-13-19)15-6-8-18(9-7-15)22-25-20(14-21(24)26-22)17-4-2-1-3-5-17/h1-14H,23H2,(H2,24,25,26). The van der Waals surface area contributed by atoms with E-state index in [-0.39, 0.29) is 0 Å². The molecule has 26 heavy (non-hydrogen) atoms. The van der Waals surface area contributed by atoms with Crippen molar-refractivity contribution in [2.45, 2.75) is 0 Å². The summed E-state index contributed by atoms with van der Waals surface area (Å²) in [4.78, 5) is 9.07. The molecule has 1 aromatic heterocycles. The monoisotopic (exact) mass is 338 g/mol. The summed E-state index contributed by atoms with van der Waals surface area (Å²) in [6.07, 6.45) is 0. The molecular formula is C22H18N4. The predicted octanol–water partition coefficient (Wildman–Crippen LogP) is 4.64. The molecule has 4 aromatic rings. The van der Waals surface area contributed by atoms with Crippen LogP contribution in [0, 0.1) is 0 Å². The first-order chi connectivity index (χ1) is 12.7. The number of aromatic nitrogens is 2. The average molecular weight is 338 g/mol. The van der Waals surface area contributed by atoms with Crippen molar-refractivity contribution >= 4 is 11.5 Å². The van der Waals surface area contributed by atoms with Gasteiger partial charge in [0.25, 0.3) is 0 Å². The summed E-state index contributed by atoms with van der Waals surface area (Å²) in [5.74, 6) is 1.07. The fourth-order valence-electron chi connectivity index (χ4n) is 2.84. The van der Waals surface area contributed by atoms with E-state index >= 15 is 0 Å². The molecule has 0 fully saturated rings. The van der Waals surface area contributed by atoms with Crippen LogP contribution in [0.3, 0.4) is 0 Å². The van der Waals surface area contributed by atoms with Gasteiger partial charge in [0.15, 0.2) is 5.82 Å².